The van der Waals surface area contributed by atoms with Gasteiger partial charge in [0.2, 0.25) is 5.91 Å². The third-order valence-corrected chi connectivity index (χ3v) is 4.40. The van der Waals surface area contributed by atoms with E-state index in [1.165, 1.54) is 12.8 Å². The maximum absolute atomic E-state index is 12.3. The van der Waals surface area contributed by atoms with Crippen molar-refractivity contribution in [2.45, 2.75) is 77.9 Å². The number of nitrogens with zero attached hydrogens (tertiary/aromatic N) is 1. The molecule has 0 spiro atoms. The smallest absolute Gasteiger partial charge is 0.224 e. The van der Waals surface area contributed by atoms with Gasteiger partial charge in [0.15, 0.2) is 0 Å². The number of hydrogen-bond acceptors (Lipinski definition) is 3. The Labute approximate surface area is 124 Å². The standard InChI is InChI=1S/C16H33N3O/c1-12(2)19(13(3)4)11-10-18-16(20)14-8-6-5-7-9-15(14)17/h12-15H,5-11,17H2,1-4H3,(H,18,20). The molecule has 0 aromatic carbocycles. The maximum Gasteiger partial charge on any atom is 0.224 e. The number of rotatable bonds is 6. The summed E-state index contributed by atoms with van der Waals surface area (Å²) in [6, 6.07) is 1.06. The molecule has 4 heteroatoms. The van der Waals surface area contributed by atoms with Crippen molar-refractivity contribution in [2.75, 3.05) is 13.1 Å². The molecule has 1 amide bonds. The first-order valence-electron chi connectivity index (χ1n) is 8.22. The number of amides is 1. The molecular weight excluding hydrogens is 250 g/mol. The molecule has 1 rings (SSSR count). The predicted octanol–water partition coefficient (Wildman–Crippen LogP) is 2.13. The summed E-state index contributed by atoms with van der Waals surface area (Å²) in [5.41, 5.74) is 6.14. The second-order valence-corrected chi connectivity index (χ2v) is 6.62. The van der Waals surface area contributed by atoms with Crippen LogP contribution < -0.4 is 11.1 Å². The van der Waals surface area contributed by atoms with Gasteiger partial charge in [0, 0.05) is 31.2 Å². The van der Waals surface area contributed by atoms with Crippen molar-refractivity contribution in [2.24, 2.45) is 11.7 Å². The summed E-state index contributed by atoms with van der Waals surface area (Å²) in [5, 5.41) is 3.09. The van der Waals surface area contributed by atoms with Crippen molar-refractivity contribution in [3.05, 3.63) is 0 Å². The first kappa shape index (κ1) is 17.4. The summed E-state index contributed by atoms with van der Waals surface area (Å²) in [6.07, 6.45) is 5.45. The highest BCUT2D eigenvalue weighted by Crippen LogP contribution is 2.22. The van der Waals surface area contributed by atoms with Crippen LogP contribution in [0.15, 0.2) is 0 Å². The van der Waals surface area contributed by atoms with Gasteiger partial charge < -0.3 is 11.1 Å². The van der Waals surface area contributed by atoms with Crippen LogP contribution in [0.1, 0.15) is 59.8 Å². The molecule has 0 aliphatic heterocycles. The number of hydrogen-bond donors (Lipinski definition) is 2. The van der Waals surface area contributed by atoms with E-state index >= 15 is 0 Å². The fraction of sp³-hybridized carbons (Fsp3) is 0.938. The first-order valence-corrected chi connectivity index (χ1v) is 8.22. The average molecular weight is 283 g/mol. The summed E-state index contributed by atoms with van der Waals surface area (Å²) in [7, 11) is 0. The zero-order valence-electron chi connectivity index (χ0n) is 13.7. The van der Waals surface area contributed by atoms with Crippen LogP contribution in [-0.4, -0.2) is 42.0 Å². The molecule has 0 aromatic heterocycles. The highest BCUT2D eigenvalue weighted by molar-refractivity contribution is 5.79. The fourth-order valence-corrected chi connectivity index (χ4v) is 3.21. The van der Waals surface area contributed by atoms with E-state index in [0.29, 0.717) is 12.1 Å². The summed E-state index contributed by atoms with van der Waals surface area (Å²) in [4.78, 5) is 14.7. The Morgan fingerprint density at radius 2 is 1.75 bits per heavy atom. The van der Waals surface area contributed by atoms with Crippen LogP contribution in [0.4, 0.5) is 0 Å². The Bertz CT molecular complexity index is 283. The lowest BCUT2D eigenvalue weighted by Gasteiger charge is -2.31. The normalized spacial score (nSPS) is 24.2. The number of carbonyl (C=O) groups excluding carboxylic acids is 1. The lowest BCUT2D eigenvalue weighted by Crippen LogP contribution is -2.46. The zero-order valence-corrected chi connectivity index (χ0v) is 13.7. The van der Waals surface area contributed by atoms with Gasteiger partial charge in [0.1, 0.15) is 0 Å². The zero-order chi connectivity index (χ0) is 15.1. The van der Waals surface area contributed by atoms with Gasteiger partial charge in [0.05, 0.1) is 5.92 Å². The number of nitrogens with two attached hydrogens (primary N) is 1. The molecule has 2 atom stereocenters. The van der Waals surface area contributed by atoms with Gasteiger partial charge in [-0.15, -0.1) is 0 Å². The van der Waals surface area contributed by atoms with Crippen molar-refractivity contribution in [3.8, 4) is 0 Å². The fourth-order valence-electron chi connectivity index (χ4n) is 3.21. The summed E-state index contributed by atoms with van der Waals surface area (Å²) in [5.74, 6) is 0.177. The second kappa shape index (κ2) is 8.63. The molecule has 1 fully saturated rings. The summed E-state index contributed by atoms with van der Waals surface area (Å²) in [6.45, 7) is 10.4. The van der Waals surface area contributed by atoms with Crippen LogP contribution in [0.2, 0.25) is 0 Å². The number of carbonyl (C=O) groups is 1. The van der Waals surface area contributed by atoms with Crippen LogP contribution in [0.3, 0.4) is 0 Å². The van der Waals surface area contributed by atoms with Gasteiger partial charge in [0.25, 0.3) is 0 Å². The van der Waals surface area contributed by atoms with E-state index in [9.17, 15) is 4.79 Å². The van der Waals surface area contributed by atoms with E-state index in [1.807, 2.05) is 0 Å². The Morgan fingerprint density at radius 3 is 2.35 bits per heavy atom. The molecule has 118 valence electrons. The monoisotopic (exact) mass is 283 g/mol. The van der Waals surface area contributed by atoms with E-state index in [4.69, 9.17) is 5.73 Å². The molecular formula is C16H33N3O. The van der Waals surface area contributed by atoms with E-state index in [2.05, 4.69) is 37.9 Å². The van der Waals surface area contributed by atoms with Crippen LogP contribution in [0.5, 0.6) is 0 Å². The average Bonchev–Trinajstić information content (AvgIpc) is 2.58. The van der Waals surface area contributed by atoms with Gasteiger partial charge in [-0.3, -0.25) is 9.69 Å². The Kier molecular flexibility index (Phi) is 7.52. The Hall–Kier alpha value is -0.610. The minimum atomic E-state index is 0.0176. The van der Waals surface area contributed by atoms with E-state index in [-0.39, 0.29) is 17.9 Å². The van der Waals surface area contributed by atoms with Crippen LogP contribution >= 0.6 is 0 Å². The van der Waals surface area contributed by atoms with E-state index in [0.717, 1.165) is 32.4 Å². The van der Waals surface area contributed by atoms with Gasteiger partial charge in [-0.2, -0.15) is 0 Å². The second-order valence-electron chi connectivity index (χ2n) is 6.62. The molecule has 2 unspecified atom stereocenters. The highest BCUT2D eigenvalue weighted by atomic mass is 16.1. The third-order valence-electron chi connectivity index (χ3n) is 4.40. The molecule has 0 aromatic rings. The quantitative estimate of drug-likeness (QED) is 0.734. The van der Waals surface area contributed by atoms with Crippen molar-refractivity contribution in [1.29, 1.82) is 0 Å². The van der Waals surface area contributed by atoms with E-state index in [1.54, 1.807) is 0 Å². The molecule has 1 aliphatic carbocycles. The minimum Gasteiger partial charge on any atom is -0.355 e. The number of nitrogens with one attached hydrogen (secondary N) is 1. The third kappa shape index (κ3) is 5.41. The van der Waals surface area contributed by atoms with Gasteiger partial charge >= 0.3 is 0 Å². The lowest BCUT2D eigenvalue weighted by atomic mass is 9.94. The predicted molar refractivity (Wildman–Crippen MR) is 84.5 cm³/mol. The van der Waals surface area contributed by atoms with Crippen molar-refractivity contribution in [3.63, 3.8) is 0 Å². The van der Waals surface area contributed by atoms with Gasteiger partial charge in [-0.05, 0) is 40.5 Å². The molecule has 0 radical (unpaired) electrons. The Balaban J connectivity index is 2.38. The summed E-state index contributed by atoms with van der Waals surface area (Å²) >= 11 is 0. The van der Waals surface area contributed by atoms with Crippen LogP contribution in [0, 0.1) is 5.92 Å². The maximum atomic E-state index is 12.3. The highest BCUT2D eigenvalue weighted by Gasteiger charge is 2.26. The molecule has 0 saturated heterocycles. The van der Waals surface area contributed by atoms with Gasteiger partial charge in [-0.25, -0.2) is 0 Å². The molecule has 20 heavy (non-hydrogen) atoms. The van der Waals surface area contributed by atoms with Gasteiger partial charge in [-0.1, -0.05) is 19.3 Å². The Morgan fingerprint density at radius 1 is 1.15 bits per heavy atom. The lowest BCUT2D eigenvalue weighted by molar-refractivity contribution is -0.125. The molecule has 1 saturated carbocycles. The van der Waals surface area contributed by atoms with Crippen molar-refractivity contribution >= 4 is 5.91 Å². The largest absolute Gasteiger partial charge is 0.355 e. The van der Waals surface area contributed by atoms with E-state index < -0.39 is 0 Å². The minimum absolute atomic E-state index is 0.0176. The summed E-state index contributed by atoms with van der Waals surface area (Å²) < 4.78 is 0. The topological polar surface area (TPSA) is 58.4 Å². The molecule has 1 aliphatic rings. The molecule has 0 bridgehead atoms. The van der Waals surface area contributed by atoms with Crippen molar-refractivity contribution < 1.29 is 4.79 Å². The van der Waals surface area contributed by atoms with Crippen molar-refractivity contribution in [1.82, 2.24) is 10.2 Å². The molecule has 0 heterocycles. The van der Waals surface area contributed by atoms with Crippen LogP contribution in [0.25, 0.3) is 0 Å². The SMILES string of the molecule is CC(C)N(CCNC(=O)C1CCCCCC1N)C(C)C. The molecule has 4 nitrogen and oxygen atoms in total. The first-order chi connectivity index (χ1) is 9.43. The molecule has 3 N–H and O–H groups in total. The van der Waals surface area contributed by atoms with Crippen LogP contribution in [-0.2, 0) is 4.79 Å².